The van der Waals surface area contributed by atoms with Crippen molar-refractivity contribution in [1.29, 1.82) is 0 Å². The largest absolute Gasteiger partial charge is 0.493 e. The minimum atomic E-state index is -0.157. The summed E-state index contributed by atoms with van der Waals surface area (Å²) in [6, 6.07) is 21.0. The highest BCUT2D eigenvalue weighted by Crippen LogP contribution is 2.24. The number of carbonyl (C=O) groups is 1. The molecule has 0 aromatic heterocycles. The Kier molecular flexibility index (Phi) is 6.33. The Morgan fingerprint density at radius 1 is 0.929 bits per heavy atom. The van der Waals surface area contributed by atoms with Crippen LogP contribution < -0.4 is 14.8 Å². The van der Waals surface area contributed by atoms with Gasteiger partial charge in [-0.3, -0.25) is 4.79 Å². The van der Waals surface area contributed by atoms with Crippen LogP contribution >= 0.6 is 0 Å². The fraction of sp³-hybridized carbons (Fsp3) is 0.208. The van der Waals surface area contributed by atoms with Gasteiger partial charge in [-0.1, -0.05) is 35.9 Å². The van der Waals surface area contributed by atoms with E-state index in [2.05, 4.69) is 5.32 Å². The summed E-state index contributed by atoms with van der Waals surface area (Å²) in [5, 5.41) is 2.99. The number of hydrogen-bond acceptors (Lipinski definition) is 3. The lowest BCUT2D eigenvalue weighted by Crippen LogP contribution is -2.14. The van der Waals surface area contributed by atoms with Gasteiger partial charge in [0.25, 0.3) is 5.91 Å². The van der Waals surface area contributed by atoms with Crippen molar-refractivity contribution in [2.45, 2.75) is 27.4 Å². The van der Waals surface area contributed by atoms with Crippen LogP contribution in [-0.2, 0) is 6.61 Å². The average molecular weight is 375 g/mol. The summed E-state index contributed by atoms with van der Waals surface area (Å²) in [6.07, 6.45) is 0. The molecule has 4 heteroatoms. The molecular formula is C24H25NO3. The summed E-state index contributed by atoms with van der Waals surface area (Å²) < 4.78 is 11.6. The third kappa shape index (κ3) is 4.92. The number of benzene rings is 3. The van der Waals surface area contributed by atoms with Gasteiger partial charge in [-0.15, -0.1) is 0 Å². The average Bonchev–Trinajstić information content (AvgIpc) is 2.70. The SMILES string of the molecule is CCOc1ccc(C(=O)Nc2ccc(C)cc2C)cc1COc1ccccc1. The molecule has 0 unspecified atom stereocenters. The molecule has 0 saturated heterocycles. The monoisotopic (exact) mass is 375 g/mol. The first kappa shape index (κ1) is 19.5. The zero-order chi connectivity index (χ0) is 19.9. The van der Waals surface area contributed by atoms with Gasteiger partial charge in [0.1, 0.15) is 18.1 Å². The first-order valence-electron chi connectivity index (χ1n) is 9.39. The van der Waals surface area contributed by atoms with E-state index < -0.39 is 0 Å². The van der Waals surface area contributed by atoms with E-state index in [1.54, 1.807) is 6.07 Å². The normalized spacial score (nSPS) is 10.4. The van der Waals surface area contributed by atoms with Gasteiger partial charge in [0.2, 0.25) is 0 Å². The van der Waals surface area contributed by atoms with Gasteiger partial charge >= 0.3 is 0 Å². The van der Waals surface area contributed by atoms with Crippen LogP contribution in [0.1, 0.15) is 34.0 Å². The number of carbonyl (C=O) groups excluding carboxylic acids is 1. The van der Waals surface area contributed by atoms with Crippen molar-refractivity contribution in [3.63, 3.8) is 0 Å². The molecule has 0 atom stereocenters. The molecule has 0 aliphatic rings. The van der Waals surface area contributed by atoms with Crippen LogP contribution in [-0.4, -0.2) is 12.5 Å². The van der Waals surface area contributed by atoms with Crippen LogP contribution in [0, 0.1) is 13.8 Å². The molecule has 3 rings (SSSR count). The molecular weight excluding hydrogens is 350 g/mol. The molecule has 3 aromatic rings. The Hall–Kier alpha value is -3.27. The fourth-order valence-electron chi connectivity index (χ4n) is 2.96. The molecule has 1 amide bonds. The molecule has 0 aliphatic heterocycles. The number of aryl methyl sites for hydroxylation is 2. The van der Waals surface area contributed by atoms with Crippen molar-refractivity contribution in [2.75, 3.05) is 11.9 Å². The van der Waals surface area contributed by atoms with Gasteiger partial charge in [-0.05, 0) is 62.7 Å². The predicted molar refractivity (Wildman–Crippen MR) is 112 cm³/mol. The van der Waals surface area contributed by atoms with E-state index in [4.69, 9.17) is 9.47 Å². The summed E-state index contributed by atoms with van der Waals surface area (Å²) >= 11 is 0. The second kappa shape index (κ2) is 9.09. The molecule has 0 spiro atoms. The first-order chi connectivity index (χ1) is 13.6. The van der Waals surface area contributed by atoms with Crippen LogP contribution in [0.2, 0.25) is 0 Å². The topological polar surface area (TPSA) is 47.6 Å². The van der Waals surface area contributed by atoms with Crippen LogP contribution in [0.5, 0.6) is 11.5 Å². The molecule has 144 valence electrons. The Balaban J connectivity index is 1.79. The molecule has 0 fully saturated rings. The van der Waals surface area contributed by atoms with Crippen LogP contribution in [0.15, 0.2) is 66.7 Å². The minimum Gasteiger partial charge on any atom is -0.493 e. The number of hydrogen-bond donors (Lipinski definition) is 1. The van der Waals surface area contributed by atoms with Gasteiger partial charge in [0.15, 0.2) is 0 Å². The van der Waals surface area contributed by atoms with E-state index >= 15 is 0 Å². The zero-order valence-electron chi connectivity index (χ0n) is 16.5. The summed E-state index contributed by atoms with van der Waals surface area (Å²) in [5.74, 6) is 1.34. The van der Waals surface area contributed by atoms with Crippen molar-refractivity contribution in [3.05, 3.63) is 89.0 Å². The summed E-state index contributed by atoms with van der Waals surface area (Å²) in [7, 11) is 0. The lowest BCUT2D eigenvalue weighted by Gasteiger charge is -2.14. The van der Waals surface area contributed by atoms with Crippen molar-refractivity contribution in [3.8, 4) is 11.5 Å². The summed E-state index contributed by atoms with van der Waals surface area (Å²) in [4.78, 5) is 12.8. The number of para-hydroxylation sites is 1. The lowest BCUT2D eigenvalue weighted by molar-refractivity contribution is 0.102. The third-order valence-electron chi connectivity index (χ3n) is 4.39. The van der Waals surface area contributed by atoms with Gasteiger partial charge in [-0.2, -0.15) is 0 Å². The molecule has 1 N–H and O–H groups in total. The molecule has 0 heterocycles. The van der Waals surface area contributed by atoms with Gasteiger partial charge in [0.05, 0.1) is 6.61 Å². The smallest absolute Gasteiger partial charge is 0.255 e. The Labute approximate surface area is 166 Å². The molecule has 0 radical (unpaired) electrons. The molecule has 0 aliphatic carbocycles. The summed E-state index contributed by atoms with van der Waals surface area (Å²) in [5.41, 5.74) is 4.41. The fourth-order valence-corrected chi connectivity index (χ4v) is 2.96. The minimum absolute atomic E-state index is 0.157. The first-order valence-corrected chi connectivity index (χ1v) is 9.39. The molecule has 0 saturated carbocycles. The van der Waals surface area contributed by atoms with E-state index in [0.717, 1.165) is 33.9 Å². The molecule has 3 aromatic carbocycles. The second-order valence-corrected chi connectivity index (χ2v) is 6.63. The van der Waals surface area contributed by atoms with Crippen molar-refractivity contribution in [1.82, 2.24) is 0 Å². The Morgan fingerprint density at radius 2 is 1.71 bits per heavy atom. The van der Waals surface area contributed by atoms with E-state index in [1.165, 1.54) is 0 Å². The van der Waals surface area contributed by atoms with Crippen LogP contribution in [0.4, 0.5) is 5.69 Å². The van der Waals surface area contributed by atoms with Crippen LogP contribution in [0.3, 0.4) is 0 Å². The quantitative estimate of drug-likeness (QED) is 0.590. The maximum atomic E-state index is 12.8. The number of ether oxygens (including phenoxy) is 2. The Morgan fingerprint density at radius 3 is 2.43 bits per heavy atom. The second-order valence-electron chi connectivity index (χ2n) is 6.63. The third-order valence-corrected chi connectivity index (χ3v) is 4.39. The standard InChI is InChI=1S/C24H25NO3/c1-4-27-23-13-11-19(15-20(23)16-28-21-8-6-5-7-9-21)24(26)25-22-12-10-17(2)14-18(22)3/h5-15H,4,16H2,1-3H3,(H,25,26). The number of nitrogens with one attached hydrogen (secondary N) is 1. The van der Waals surface area contributed by atoms with E-state index in [9.17, 15) is 4.79 Å². The highest BCUT2D eigenvalue weighted by molar-refractivity contribution is 6.04. The number of amides is 1. The maximum absolute atomic E-state index is 12.8. The van der Waals surface area contributed by atoms with Gasteiger partial charge < -0.3 is 14.8 Å². The van der Waals surface area contributed by atoms with Gasteiger partial charge in [0, 0.05) is 16.8 Å². The zero-order valence-corrected chi connectivity index (χ0v) is 16.5. The van der Waals surface area contributed by atoms with Crippen molar-refractivity contribution >= 4 is 11.6 Å². The molecule has 4 nitrogen and oxygen atoms in total. The van der Waals surface area contributed by atoms with E-state index in [-0.39, 0.29) is 5.91 Å². The summed E-state index contributed by atoms with van der Waals surface area (Å²) in [6.45, 7) is 6.82. The highest BCUT2D eigenvalue weighted by Gasteiger charge is 2.12. The lowest BCUT2D eigenvalue weighted by atomic mass is 10.1. The van der Waals surface area contributed by atoms with Crippen LogP contribution in [0.25, 0.3) is 0 Å². The van der Waals surface area contributed by atoms with Crippen molar-refractivity contribution in [2.24, 2.45) is 0 Å². The highest BCUT2D eigenvalue weighted by atomic mass is 16.5. The number of anilines is 1. The molecule has 28 heavy (non-hydrogen) atoms. The number of rotatable bonds is 7. The Bertz CT molecular complexity index is 951. The predicted octanol–water partition coefficient (Wildman–Crippen LogP) is 5.53. The van der Waals surface area contributed by atoms with Crippen molar-refractivity contribution < 1.29 is 14.3 Å². The van der Waals surface area contributed by atoms with E-state index in [1.807, 2.05) is 81.4 Å². The molecule has 0 bridgehead atoms. The maximum Gasteiger partial charge on any atom is 0.255 e. The van der Waals surface area contributed by atoms with Gasteiger partial charge in [-0.25, -0.2) is 0 Å². The van der Waals surface area contributed by atoms with E-state index in [0.29, 0.717) is 18.8 Å².